The molecule has 4 aromatic rings. The Kier molecular flexibility index (Phi) is 9.39. The molecule has 3 aromatic carbocycles. The molecule has 0 fully saturated rings. The van der Waals surface area contributed by atoms with Gasteiger partial charge in [0.2, 0.25) is 0 Å². The van der Waals surface area contributed by atoms with Crippen LogP contribution in [0.2, 0.25) is 0 Å². The van der Waals surface area contributed by atoms with E-state index in [4.69, 9.17) is 9.47 Å². The summed E-state index contributed by atoms with van der Waals surface area (Å²) < 4.78 is 70.2. The SMILES string of the molecule is COc1ccc(S(=O)(=O)N(CCc2ccccn2)c2ccc(CI)cc2Cc2c(F)cccc2F)cc1OC. The third-order valence-corrected chi connectivity index (χ3v) is 8.93. The van der Waals surface area contributed by atoms with E-state index in [1.807, 2.05) is 18.2 Å². The molecular formula is C29H27F2IN2O4S. The summed E-state index contributed by atoms with van der Waals surface area (Å²) in [6.45, 7) is 0.0457. The molecule has 1 aromatic heterocycles. The van der Waals surface area contributed by atoms with Crippen molar-refractivity contribution in [1.82, 2.24) is 4.98 Å². The maximum absolute atomic E-state index is 14.7. The summed E-state index contributed by atoms with van der Waals surface area (Å²) in [6.07, 6.45) is 1.83. The summed E-state index contributed by atoms with van der Waals surface area (Å²) in [5.41, 5.74) is 2.29. The predicted octanol–water partition coefficient (Wildman–Crippen LogP) is 6.34. The van der Waals surface area contributed by atoms with Gasteiger partial charge in [-0.25, -0.2) is 17.2 Å². The van der Waals surface area contributed by atoms with E-state index in [1.54, 1.807) is 24.4 Å². The van der Waals surface area contributed by atoms with Crippen molar-refractivity contribution >= 4 is 38.3 Å². The Bertz CT molecular complexity index is 1530. The molecule has 0 radical (unpaired) electrons. The van der Waals surface area contributed by atoms with Crippen molar-refractivity contribution in [1.29, 1.82) is 0 Å². The molecule has 0 saturated heterocycles. The largest absolute Gasteiger partial charge is 0.493 e. The van der Waals surface area contributed by atoms with Gasteiger partial charge in [-0.1, -0.05) is 46.9 Å². The van der Waals surface area contributed by atoms with Gasteiger partial charge in [0, 0.05) is 47.3 Å². The van der Waals surface area contributed by atoms with Crippen LogP contribution in [-0.4, -0.2) is 34.2 Å². The molecule has 0 saturated carbocycles. The van der Waals surface area contributed by atoms with Crippen molar-refractivity contribution < 1.29 is 26.7 Å². The average molecular weight is 665 g/mol. The maximum Gasteiger partial charge on any atom is 0.264 e. The minimum Gasteiger partial charge on any atom is -0.493 e. The van der Waals surface area contributed by atoms with Crippen LogP contribution in [0.5, 0.6) is 11.5 Å². The highest BCUT2D eigenvalue weighted by Gasteiger charge is 2.29. The Morgan fingerprint density at radius 2 is 1.64 bits per heavy atom. The molecule has 4 rings (SSSR count). The normalized spacial score (nSPS) is 11.3. The minimum atomic E-state index is -4.16. The Balaban J connectivity index is 1.86. The fraction of sp³-hybridized carbons (Fsp3) is 0.207. The third-order valence-electron chi connectivity index (χ3n) is 6.24. The van der Waals surface area contributed by atoms with Gasteiger partial charge >= 0.3 is 0 Å². The number of anilines is 1. The van der Waals surface area contributed by atoms with Crippen LogP contribution < -0.4 is 13.8 Å². The highest BCUT2D eigenvalue weighted by molar-refractivity contribution is 14.1. The minimum absolute atomic E-state index is 0.0119. The molecule has 0 unspecified atom stereocenters. The molecule has 0 aliphatic rings. The number of methoxy groups -OCH3 is 2. The van der Waals surface area contributed by atoms with Crippen molar-refractivity contribution in [2.45, 2.75) is 22.2 Å². The summed E-state index contributed by atoms with van der Waals surface area (Å²) in [5.74, 6) is -0.733. The van der Waals surface area contributed by atoms with E-state index >= 15 is 0 Å². The van der Waals surface area contributed by atoms with Gasteiger partial charge in [-0.15, -0.1) is 0 Å². The molecule has 0 N–H and O–H groups in total. The lowest BCUT2D eigenvalue weighted by molar-refractivity contribution is 0.354. The van der Waals surface area contributed by atoms with Gasteiger partial charge in [0.15, 0.2) is 11.5 Å². The number of rotatable bonds is 11. The standard InChI is InChI=1S/C29H27F2IN2O4S/c1-37-28-12-10-23(18-29(28)38-2)39(35,36)34(15-13-22-6-3-4-14-33-22)27-11-9-20(19-32)16-21(27)17-24-25(30)7-5-8-26(24)31/h3-12,14,16,18H,13,15,17,19H2,1-2H3. The molecule has 39 heavy (non-hydrogen) atoms. The van der Waals surface area contributed by atoms with E-state index in [0.29, 0.717) is 33.5 Å². The first kappa shape index (κ1) is 28.8. The Hall–Kier alpha value is -3.25. The van der Waals surface area contributed by atoms with Gasteiger partial charge in [-0.05, 0) is 53.6 Å². The van der Waals surface area contributed by atoms with Crippen molar-refractivity contribution in [2.24, 2.45) is 0 Å². The average Bonchev–Trinajstić information content (AvgIpc) is 2.95. The van der Waals surface area contributed by atoms with Gasteiger partial charge in [-0.2, -0.15) is 0 Å². The van der Waals surface area contributed by atoms with Crippen LogP contribution in [0.25, 0.3) is 0 Å². The zero-order valence-electron chi connectivity index (χ0n) is 21.4. The zero-order chi connectivity index (χ0) is 28.0. The second kappa shape index (κ2) is 12.7. The van der Waals surface area contributed by atoms with Crippen molar-refractivity contribution in [3.63, 3.8) is 0 Å². The van der Waals surface area contributed by atoms with E-state index in [-0.39, 0.29) is 29.2 Å². The second-order valence-electron chi connectivity index (χ2n) is 8.64. The first-order valence-corrected chi connectivity index (χ1v) is 15.0. The maximum atomic E-state index is 14.7. The van der Waals surface area contributed by atoms with Crippen LogP contribution in [0.15, 0.2) is 83.9 Å². The Morgan fingerprint density at radius 3 is 2.28 bits per heavy atom. The van der Waals surface area contributed by atoms with E-state index in [2.05, 4.69) is 27.6 Å². The number of ether oxygens (including phenoxy) is 2. The summed E-state index contributed by atoms with van der Waals surface area (Å²) in [7, 11) is -1.26. The smallest absolute Gasteiger partial charge is 0.264 e. The molecule has 10 heteroatoms. The van der Waals surface area contributed by atoms with Crippen molar-refractivity contribution in [3.05, 3.63) is 113 Å². The van der Waals surface area contributed by atoms with Crippen LogP contribution in [0.3, 0.4) is 0 Å². The Morgan fingerprint density at radius 1 is 0.897 bits per heavy atom. The summed E-state index contributed by atoms with van der Waals surface area (Å²) in [6, 6.07) is 18.8. The van der Waals surface area contributed by atoms with Gasteiger partial charge in [0.25, 0.3) is 10.0 Å². The first-order chi connectivity index (χ1) is 18.8. The molecule has 0 aliphatic carbocycles. The number of sulfonamides is 1. The molecule has 6 nitrogen and oxygen atoms in total. The number of nitrogens with zero attached hydrogens (tertiary/aromatic N) is 2. The van der Waals surface area contributed by atoms with E-state index in [9.17, 15) is 17.2 Å². The fourth-order valence-electron chi connectivity index (χ4n) is 4.23. The predicted molar refractivity (Wildman–Crippen MR) is 155 cm³/mol. The van der Waals surface area contributed by atoms with Gasteiger partial charge in [-0.3, -0.25) is 9.29 Å². The number of aromatic nitrogens is 1. The quantitative estimate of drug-likeness (QED) is 0.138. The monoisotopic (exact) mass is 664 g/mol. The van der Waals surface area contributed by atoms with Crippen LogP contribution in [0.4, 0.5) is 14.5 Å². The summed E-state index contributed by atoms with van der Waals surface area (Å²) >= 11 is 2.19. The summed E-state index contributed by atoms with van der Waals surface area (Å²) in [5, 5.41) is 0. The highest BCUT2D eigenvalue weighted by atomic mass is 127. The van der Waals surface area contributed by atoms with E-state index < -0.39 is 21.7 Å². The van der Waals surface area contributed by atoms with Gasteiger partial charge in [0.1, 0.15) is 11.6 Å². The molecule has 0 amide bonds. The summed E-state index contributed by atoms with van der Waals surface area (Å²) in [4.78, 5) is 4.32. The van der Waals surface area contributed by atoms with Crippen LogP contribution in [0.1, 0.15) is 22.4 Å². The van der Waals surface area contributed by atoms with E-state index in [0.717, 1.165) is 5.56 Å². The number of alkyl halides is 1. The van der Waals surface area contributed by atoms with Crippen LogP contribution in [-0.2, 0) is 27.3 Å². The number of halogens is 3. The number of benzene rings is 3. The van der Waals surface area contributed by atoms with Crippen molar-refractivity contribution in [3.8, 4) is 11.5 Å². The number of pyridine rings is 1. The third kappa shape index (κ3) is 6.50. The molecule has 204 valence electrons. The molecule has 0 aliphatic heterocycles. The number of hydrogen-bond acceptors (Lipinski definition) is 5. The van der Waals surface area contributed by atoms with Gasteiger partial charge in [0.05, 0.1) is 24.8 Å². The zero-order valence-corrected chi connectivity index (χ0v) is 24.4. The molecule has 0 bridgehead atoms. The van der Waals surface area contributed by atoms with Gasteiger partial charge < -0.3 is 9.47 Å². The lowest BCUT2D eigenvalue weighted by Crippen LogP contribution is -2.34. The van der Waals surface area contributed by atoms with Crippen LogP contribution >= 0.6 is 22.6 Å². The molecular weight excluding hydrogens is 637 g/mol. The van der Waals surface area contributed by atoms with Crippen molar-refractivity contribution in [2.75, 3.05) is 25.1 Å². The van der Waals surface area contributed by atoms with Crippen LogP contribution in [0, 0.1) is 11.6 Å². The first-order valence-electron chi connectivity index (χ1n) is 12.0. The Labute approximate surface area is 240 Å². The number of hydrogen-bond donors (Lipinski definition) is 0. The fourth-order valence-corrected chi connectivity index (χ4v) is 6.23. The lowest BCUT2D eigenvalue weighted by atomic mass is 10.00. The molecule has 0 spiro atoms. The second-order valence-corrected chi connectivity index (χ2v) is 11.3. The lowest BCUT2D eigenvalue weighted by Gasteiger charge is -2.27. The topological polar surface area (TPSA) is 68.7 Å². The molecule has 1 heterocycles. The molecule has 0 atom stereocenters. The van der Waals surface area contributed by atoms with E-state index in [1.165, 1.54) is 54.9 Å². The highest BCUT2D eigenvalue weighted by Crippen LogP contribution is 2.35.